The average molecular weight is 486 g/mol. The Morgan fingerprint density at radius 3 is 2.57 bits per heavy atom. The second-order valence-corrected chi connectivity index (χ2v) is 9.67. The van der Waals surface area contributed by atoms with E-state index in [1.807, 2.05) is 86.6 Å². The first-order chi connectivity index (χ1) is 17.0. The van der Waals surface area contributed by atoms with Crippen molar-refractivity contribution in [1.82, 2.24) is 4.98 Å². The highest BCUT2D eigenvalue weighted by Crippen LogP contribution is 2.34. The fourth-order valence-electron chi connectivity index (χ4n) is 4.43. The molecule has 1 fully saturated rings. The molecule has 0 radical (unpaired) electrons. The lowest BCUT2D eigenvalue weighted by molar-refractivity contribution is -0.124. The van der Waals surface area contributed by atoms with Crippen molar-refractivity contribution in [2.75, 3.05) is 23.0 Å². The summed E-state index contributed by atoms with van der Waals surface area (Å²) in [6.45, 7) is 5.30. The minimum absolute atomic E-state index is 0.0488. The smallest absolute Gasteiger partial charge is 0.234 e. The molecule has 0 N–H and O–H groups in total. The summed E-state index contributed by atoms with van der Waals surface area (Å²) >= 11 is 1.51. The summed E-state index contributed by atoms with van der Waals surface area (Å²) in [6, 6.07) is 23.4. The highest BCUT2D eigenvalue weighted by molar-refractivity contribution is 7.22. The molecule has 1 atom stereocenters. The van der Waals surface area contributed by atoms with Crippen LogP contribution in [0.15, 0.2) is 72.8 Å². The molecule has 0 spiro atoms. The van der Waals surface area contributed by atoms with Crippen molar-refractivity contribution < 1.29 is 14.3 Å². The molecule has 1 aliphatic rings. The van der Waals surface area contributed by atoms with Crippen molar-refractivity contribution in [2.24, 2.45) is 5.92 Å². The predicted octanol–water partition coefficient (Wildman–Crippen LogP) is 5.59. The minimum atomic E-state index is -0.439. The summed E-state index contributed by atoms with van der Waals surface area (Å²) in [4.78, 5) is 35.1. The zero-order valence-corrected chi connectivity index (χ0v) is 20.6. The molecular formula is C28H27N3O3S. The Balaban J connectivity index is 1.43. The van der Waals surface area contributed by atoms with E-state index in [1.165, 1.54) is 11.3 Å². The number of benzene rings is 3. The highest BCUT2D eigenvalue weighted by Gasteiger charge is 2.38. The van der Waals surface area contributed by atoms with Crippen molar-refractivity contribution >= 4 is 44.2 Å². The third-order valence-electron chi connectivity index (χ3n) is 6.22. The standard InChI is InChI=1S/C28H27N3O3S/c1-3-34-23-14-12-22(13-15-23)30-18-21(16-25(30)32)27(33)31(17-20-9-5-4-6-10-20)28-29-26-19(2)8-7-11-24(26)35-28/h4-15,21H,3,16-18H2,1-2H3/t21-/m1/s1. The first-order valence-corrected chi connectivity index (χ1v) is 12.6. The van der Waals surface area contributed by atoms with Crippen LogP contribution in [0.2, 0.25) is 0 Å². The second kappa shape index (κ2) is 9.88. The molecule has 0 bridgehead atoms. The van der Waals surface area contributed by atoms with Crippen LogP contribution >= 0.6 is 11.3 Å². The van der Waals surface area contributed by atoms with Crippen LogP contribution in [-0.4, -0.2) is 29.9 Å². The molecular weight excluding hydrogens is 458 g/mol. The number of hydrogen-bond acceptors (Lipinski definition) is 5. The Bertz CT molecular complexity index is 1350. The second-order valence-electron chi connectivity index (χ2n) is 8.66. The van der Waals surface area contributed by atoms with Crippen LogP contribution in [0.25, 0.3) is 10.2 Å². The van der Waals surface area contributed by atoms with Gasteiger partial charge >= 0.3 is 0 Å². The fourth-order valence-corrected chi connectivity index (χ4v) is 5.48. The van der Waals surface area contributed by atoms with Crippen LogP contribution in [0.1, 0.15) is 24.5 Å². The number of carbonyl (C=O) groups excluding carboxylic acids is 2. The fraction of sp³-hybridized carbons (Fsp3) is 0.250. The maximum atomic E-state index is 13.9. The van der Waals surface area contributed by atoms with E-state index in [0.717, 1.165) is 32.8 Å². The van der Waals surface area contributed by atoms with Gasteiger partial charge in [0.2, 0.25) is 11.8 Å². The van der Waals surface area contributed by atoms with Gasteiger partial charge in [0.1, 0.15) is 5.75 Å². The van der Waals surface area contributed by atoms with Crippen LogP contribution in [0, 0.1) is 12.8 Å². The lowest BCUT2D eigenvalue weighted by atomic mass is 10.1. The van der Waals surface area contributed by atoms with Gasteiger partial charge in [-0.1, -0.05) is 53.8 Å². The molecule has 178 valence electrons. The summed E-state index contributed by atoms with van der Waals surface area (Å²) in [5, 5.41) is 0.662. The number of nitrogens with zero attached hydrogens (tertiary/aromatic N) is 3. The van der Waals surface area contributed by atoms with Gasteiger partial charge in [0.05, 0.1) is 29.3 Å². The van der Waals surface area contributed by atoms with Crippen LogP contribution in [0.3, 0.4) is 0 Å². The Morgan fingerprint density at radius 2 is 1.86 bits per heavy atom. The molecule has 1 aromatic heterocycles. The van der Waals surface area contributed by atoms with E-state index in [0.29, 0.717) is 24.8 Å². The zero-order chi connectivity index (χ0) is 24.4. The third-order valence-corrected chi connectivity index (χ3v) is 7.27. The van der Waals surface area contributed by atoms with E-state index in [4.69, 9.17) is 9.72 Å². The number of fused-ring (bicyclic) bond motifs is 1. The van der Waals surface area contributed by atoms with Crippen LogP contribution in [-0.2, 0) is 16.1 Å². The molecule has 6 nitrogen and oxygen atoms in total. The van der Waals surface area contributed by atoms with Crippen molar-refractivity contribution in [3.05, 3.63) is 83.9 Å². The lowest BCUT2D eigenvalue weighted by Crippen LogP contribution is -2.37. The first-order valence-electron chi connectivity index (χ1n) is 11.8. The summed E-state index contributed by atoms with van der Waals surface area (Å²) in [6.07, 6.45) is 0.182. The van der Waals surface area contributed by atoms with E-state index < -0.39 is 5.92 Å². The van der Waals surface area contributed by atoms with Gasteiger partial charge in [-0.15, -0.1) is 0 Å². The van der Waals surface area contributed by atoms with Gasteiger partial charge in [0.25, 0.3) is 0 Å². The van der Waals surface area contributed by atoms with Crippen molar-refractivity contribution in [1.29, 1.82) is 0 Å². The third kappa shape index (κ3) is 4.77. The van der Waals surface area contributed by atoms with E-state index >= 15 is 0 Å². The topological polar surface area (TPSA) is 62.7 Å². The monoisotopic (exact) mass is 485 g/mol. The van der Waals surface area contributed by atoms with Crippen molar-refractivity contribution in [3.8, 4) is 5.75 Å². The molecule has 7 heteroatoms. The summed E-state index contributed by atoms with van der Waals surface area (Å²) in [5.74, 6) is 0.196. The molecule has 0 aliphatic carbocycles. The molecule has 0 saturated carbocycles. The van der Waals surface area contributed by atoms with E-state index in [1.54, 1.807) is 9.80 Å². The van der Waals surface area contributed by atoms with Gasteiger partial charge in [-0.3, -0.25) is 14.5 Å². The number of aromatic nitrogens is 1. The number of carbonyl (C=O) groups is 2. The largest absolute Gasteiger partial charge is 0.494 e. The number of hydrogen-bond donors (Lipinski definition) is 0. The number of rotatable bonds is 7. The Kier molecular flexibility index (Phi) is 6.51. The predicted molar refractivity (Wildman–Crippen MR) is 140 cm³/mol. The van der Waals surface area contributed by atoms with E-state index in [-0.39, 0.29) is 18.2 Å². The SMILES string of the molecule is CCOc1ccc(N2C[C@H](C(=O)N(Cc3ccccc3)c3nc4c(C)cccc4s3)CC2=O)cc1. The summed E-state index contributed by atoms with van der Waals surface area (Å²) < 4.78 is 6.56. The lowest BCUT2D eigenvalue weighted by Gasteiger charge is -2.23. The van der Waals surface area contributed by atoms with Crippen LogP contribution < -0.4 is 14.5 Å². The number of ether oxygens (including phenoxy) is 1. The molecule has 2 amide bonds. The Hall–Kier alpha value is -3.71. The molecule has 1 saturated heterocycles. The average Bonchev–Trinajstić information content (AvgIpc) is 3.48. The van der Waals surface area contributed by atoms with Crippen LogP contribution in [0.4, 0.5) is 10.8 Å². The molecule has 2 heterocycles. The van der Waals surface area contributed by atoms with Crippen molar-refractivity contribution in [3.63, 3.8) is 0 Å². The molecule has 4 aromatic rings. The quantitative estimate of drug-likeness (QED) is 0.342. The number of amides is 2. The number of aryl methyl sites for hydroxylation is 1. The van der Waals surface area contributed by atoms with Gasteiger partial charge < -0.3 is 9.64 Å². The normalized spacial score (nSPS) is 15.5. The van der Waals surface area contributed by atoms with Gasteiger partial charge in [-0.2, -0.15) is 0 Å². The molecule has 35 heavy (non-hydrogen) atoms. The maximum Gasteiger partial charge on any atom is 0.234 e. The summed E-state index contributed by atoms with van der Waals surface area (Å²) in [7, 11) is 0. The van der Waals surface area contributed by atoms with Crippen LogP contribution in [0.5, 0.6) is 5.75 Å². The molecule has 3 aromatic carbocycles. The summed E-state index contributed by atoms with van der Waals surface area (Å²) in [5.41, 5.74) is 3.79. The molecule has 0 unspecified atom stereocenters. The van der Waals surface area contributed by atoms with Crippen molar-refractivity contribution in [2.45, 2.75) is 26.8 Å². The Labute approximate surface area is 208 Å². The number of para-hydroxylation sites is 1. The highest BCUT2D eigenvalue weighted by atomic mass is 32.1. The van der Waals surface area contributed by atoms with E-state index in [9.17, 15) is 9.59 Å². The zero-order valence-electron chi connectivity index (χ0n) is 19.8. The first kappa shape index (κ1) is 23.1. The van der Waals surface area contributed by atoms with Gasteiger partial charge in [-0.25, -0.2) is 4.98 Å². The number of anilines is 2. The van der Waals surface area contributed by atoms with Gasteiger partial charge in [0, 0.05) is 18.7 Å². The molecule has 1 aliphatic heterocycles. The minimum Gasteiger partial charge on any atom is -0.494 e. The van der Waals surface area contributed by atoms with E-state index in [2.05, 4.69) is 0 Å². The van der Waals surface area contributed by atoms with Gasteiger partial charge in [-0.05, 0) is 55.3 Å². The Morgan fingerprint density at radius 1 is 1.09 bits per heavy atom. The maximum absolute atomic E-state index is 13.9. The van der Waals surface area contributed by atoms with Gasteiger partial charge in [0.15, 0.2) is 5.13 Å². The molecule has 5 rings (SSSR count). The number of thiazole rings is 1.